The van der Waals surface area contributed by atoms with Crippen LogP contribution in [-0.2, 0) is 4.79 Å². The van der Waals surface area contributed by atoms with E-state index in [4.69, 9.17) is 5.11 Å². The molecule has 1 atom stereocenters. The molecule has 1 amide bonds. The van der Waals surface area contributed by atoms with Crippen molar-refractivity contribution in [3.05, 3.63) is 33.8 Å². The molecule has 0 aliphatic rings. The van der Waals surface area contributed by atoms with E-state index in [9.17, 15) is 9.59 Å². The molecule has 4 nitrogen and oxygen atoms in total. The normalized spacial score (nSPS) is 11.9. The van der Waals surface area contributed by atoms with E-state index in [0.717, 1.165) is 10.0 Å². The molecule has 1 aromatic rings. The molecule has 19 heavy (non-hydrogen) atoms. The molecule has 0 saturated carbocycles. The number of carboxylic acids is 1. The third-order valence-corrected chi connectivity index (χ3v) is 4.23. The summed E-state index contributed by atoms with van der Waals surface area (Å²) in [4.78, 5) is 23.2. The first-order chi connectivity index (χ1) is 8.97. The molecule has 1 aromatic carbocycles. The van der Waals surface area contributed by atoms with Crippen LogP contribution in [0.15, 0.2) is 22.7 Å². The second kappa shape index (κ2) is 7.55. The lowest BCUT2D eigenvalue weighted by atomic mass is 10.1. The number of halogens is 1. The average Bonchev–Trinajstić information content (AvgIpc) is 2.37. The Morgan fingerprint density at radius 3 is 2.74 bits per heavy atom. The molecule has 2 N–H and O–H groups in total. The van der Waals surface area contributed by atoms with Gasteiger partial charge in [0.2, 0.25) is 0 Å². The molecule has 6 heteroatoms. The van der Waals surface area contributed by atoms with Gasteiger partial charge < -0.3 is 10.4 Å². The topological polar surface area (TPSA) is 66.4 Å². The Morgan fingerprint density at radius 1 is 1.47 bits per heavy atom. The first-order valence-corrected chi connectivity index (χ1v) is 7.93. The number of nitrogens with one attached hydrogen (secondary N) is 1. The summed E-state index contributed by atoms with van der Waals surface area (Å²) in [6.45, 7) is 1.82. The Balaban J connectivity index is 2.82. The molecule has 104 valence electrons. The number of carboxylic acid groups (broad SMARTS) is 1. The van der Waals surface area contributed by atoms with Gasteiger partial charge in [-0.25, -0.2) is 4.79 Å². The van der Waals surface area contributed by atoms with Crippen LogP contribution in [0.25, 0.3) is 0 Å². The minimum Gasteiger partial charge on any atom is -0.480 e. The number of aliphatic carboxylic acids is 1. The van der Waals surface area contributed by atoms with Gasteiger partial charge in [0.25, 0.3) is 5.91 Å². The number of hydrogen-bond donors (Lipinski definition) is 2. The lowest BCUT2D eigenvalue weighted by Crippen LogP contribution is -2.41. The summed E-state index contributed by atoms with van der Waals surface area (Å²) in [5.41, 5.74) is 1.29. The zero-order valence-electron chi connectivity index (χ0n) is 10.8. The summed E-state index contributed by atoms with van der Waals surface area (Å²) < 4.78 is 0.830. The summed E-state index contributed by atoms with van der Waals surface area (Å²) in [5.74, 6) is -0.670. The van der Waals surface area contributed by atoms with Crippen molar-refractivity contribution < 1.29 is 14.7 Å². The summed E-state index contributed by atoms with van der Waals surface area (Å²) in [6.07, 6.45) is 2.31. The zero-order chi connectivity index (χ0) is 14.4. The SMILES string of the molecule is CSCCC(NC(=O)c1cccc(Br)c1C)C(=O)O. The number of hydrogen-bond acceptors (Lipinski definition) is 3. The maximum Gasteiger partial charge on any atom is 0.326 e. The Morgan fingerprint density at radius 2 is 2.16 bits per heavy atom. The Bertz CT molecular complexity index is 479. The number of carbonyl (C=O) groups is 2. The molecule has 0 bridgehead atoms. The van der Waals surface area contributed by atoms with Crippen LogP contribution in [0, 0.1) is 6.92 Å². The fourth-order valence-corrected chi connectivity index (χ4v) is 2.42. The number of rotatable bonds is 6. The van der Waals surface area contributed by atoms with Crippen molar-refractivity contribution in [3.63, 3.8) is 0 Å². The van der Waals surface area contributed by atoms with Crippen molar-refractivity contribution in [1.82, 2.24) is 5.32 Å². The van der Waals surface area contributed by atoms with Gasteiger partial charge in [-0.3, -0.25) is 4.79 Å². The maximum absolute atomic E-state index is 12.1. The highest BCUT2D eigenvalue weighted by molar-refractivity contribution is 9.10. The van der Waals surface area contributed by atoms with Crippen LogP contribution in [0.3, 0.4) is 0 Å². The molecular formula is C13H16BrNO3S. The number of amides is 1. The van der Waals surface area contributed by atoms with Crippen LogP contribution in [0.1, 0.15) is 22.3 Å². The van der Waals surface area contributed by atoms with E-state index in [2.05, 4.69) is 21.2 Å². The maximum atomic E-state index is 12.1. The van der Waals surface area contributed by atoms with Gasteiger partial charge in [-0.2, -0.15) is 11.8 Å². The van der Waals surface area contributed by atoms with Crippen LogP contribution in [-0.4, -0.2) is 35.0 Å². The molecule has 1 rings (SSSR count). The van der Waals surface area contributed by atoms with Gasteiger partial charge in [-0.1, -0.05) is 22.0 Å². The number of benzene rings is 1. The quantitative estimate of drug-likeness (QED) is 0.831. The van der Waals surface area contributed by atoms with Crippen LogP contribution in [0.2, 0.25) is 0 Å². The molecule has 1 unspecified atom stereocenters. The van der Waals surface area contributed by atoms with Crippen molar-refractivity contribution in [1.29, 1.82) is 0 Å². The van der Waals surface area contributed by atoms with Crippen LogP contribution in [0.5, 0.6) is 0 Å². The minimum atomic E-state index is -1.00. The zero-order valence-corrected chi connectivity index (χ0v) is 13.2. The van der Waals surface area contributed by atoms with Crippen molar-refractivity contribution in [2.75, 3.05) is 12.0 Å². The first-order valence-electron chi connectivity index (χ1n) is 5.75. The highest BCUT2D eigenvalue weighted by Crippen LogP contribution is 2.19. The lowest BCUT2D eigenvalue weighted by molar-refractivity contribution is -0.139. The molecule has 0 radical (unpaired) electrons. The average molecular weight is 346 g/mol. The first kappa shape index (κ1) is 16.0. The van der Waals surface area contributed by atoms with Crippen LogP contribution >= 0.6 is 27.7 Å². The van der Waals surface area contributed by atoms with Crippen LogP contribution < -0.4 is 5.32 Å². The molecule has 0 fully saturated rings. The van der Waals surface area contributed by atoms with Gasteiger partial charge in [-0.15, -0.1) is 0 Å². The molecule has 0 aromatic heterocycles. The van der Waals surface area contributed by atoms with E-state index in [1.54, 1.807) is 23.9 Å². The van der Waals surface area contributed by atoms with Crippen molar-refractivity contribution >= 4 is 39.6 Å². The summed E-state index contributed by atoms with van der Waals surface area (Å²) in [7, 11) is 0. The van der Waals surface area contributed by atoms with Gasteiger partial charge in [0, 0.05) is 10.0 Å². The molecule has 0 aliphatic heterocycles. The second-order valence-electron chi connectivity index (χ2n) is 4.06. The Hall–Kier alpha value is -1.01. The third kappa shape index (κ3) is 4.54. The van der Waals surface area contributed by atoms with E-state index in [0.29, 0.717) is 17.7 Å². The molecule has 0 spiro atoms. The van der Waals surface area contributed by atoms with Gasteiger partial charge in [-0.05, 0) is 43.0 Å². The lowest BCUT2D eigenvalue weighted by Gasteiger charge is -2.15. The predicted molar refractivity (Wildman–Crippen MR) is 80.8 cm³/mol. The Kier molecular flexibility index (Phi) is 6.37. The van der Waals surface area contributed by atoms with Crippen molar-refractivity contribution in [2.45, 2.75) is 19.4 Å². The van der Waals surface area contributed by atoms with Crippen molar-refractivity contribution in [3.8, 4) is 0 Å². The van der Waals surface area contributed by atoms with E-state index in [1.165, 1.54) is 0 Å². The van der Waals surface area contributed by atoms with Crippen molar-refractivity contribution in [2.24, 2.45) is 0 Å². The van der Waals surface area contributed by atoms with Gasteiger partial charge in [0.1, 0.15) is 6.04 Å². The molecular weight excluding hydrogens is 330 g/mol. The second-order valence-corrected chi connectivity index (χ2v) is 5.90. The van der Waals surface area contributed by atoms with E-state index in [1.807, 2.05) is 19.2 Å². The highest BCUT2D eigenvalue weighted by Gasteiger charge is 2.21. The number of carbonyl (C=O) groups excluding carboxylic acids is 1. The summed E-state index contributed by atoms with van der Waals surface area (Å²) in [6, 6.07) is 4.43. The van der Waals surface area contributed by atoms with E-state index < -0.39 is 12.0 Å². The van der Waals surface area contributed by atoms with Gasteiger partial charge >= 0.3 is 5.97 Å². The van der Waals surface area contributed by atoms with E-state index >= 15 is 0 Å². The monoisotopic (exact) mass is 345 g/mol. The standard InChI is InChI=1S/C13H16BrNO3S/c1-8-9(4-3-5-10(8)14)12(16)15-11(13(17)18)6-7-19-2/h3-5,11H,6-7H2,1-2H3,(H,15,16)(H,17,18). The third-order valence-electron chi connectivity index (χ3n) is 2.73. The summed E-state index contributed by atoms with van der Waals surface area (Å²) in [5, 5.41) is 11.6. The predicted octanol–water partition coefficient (Wildman–Crippen LogP) is 2.69. The molecule has 0 saturated heterocycles. The largest absolute Gasteiger partial charge is 0.480 e. The fourth-order valence-electron chi connectivity index (χ4n) is 1.58. The van der Waals surface area contributed by atoms with E-state index in [-0.39, 0.29) is 5.91 Å². The smallest absolute Gasteiger partial charge is 0.326 e. The van der Waals surface area contributed by atoms with Gasteiger partial charge in [0.05, 0.1) is 0 Å². The summed E-state index contributed by atoms with van der Waals surface area (Å²) >= 11 is 4.91. The Labute approximate surface area is 125 Å². The van der Waals surface area contributed by atoms with Gasteiger partial charge in [0.15, 0.2) is 0 Å². The molecule has 0 heterocycles. The molecule has 0 aliphatic carbocycles. The van der Waals surface area contributed by atoms with Crippen LogP contribution in [0.4, 0.5) is 0 Å². The minimum absolute atomic E-state index is 0.354. The number of thioether (sulfide) groups is 1. The fraction of sp³-hybridized carbons (Fsp3) is 0.385. The highest BCUT2D eigenvalue weighted by atomic mass is 79.9.